The lowest BCUT2D eigenvalue weighted by molar-refractivity contribution is -0.226. The average molecular weight is 1850 g/mol. The molecule has 0 radical (unpaired) electrons. The van der Waals surface area contributed by atoms with Gasteiger partial charge in [-0.15, -0.1) is 21.5 Å². The summed E-state index contributed by atoms with van der Waals surface area (Å²) in [5.74, 6) is -11.4. The smallest absolute Gasteiger partial charge is 0.250 e. The van der Waals surface area contributed by atoms with Gasteiger partial charge < -0.3 is 35.2 Å². The van der Waals surface area contributed by atoms with Crippen molar-refractivity contribution in [2.45, 2.75) is 339 Å². The number of alkyl halides is 11. The molecule has 6 saturated heterocycles. The average Bonchev–Trinajstić information content (AvgIpc) is 1.70. The molecule has 0 bridgehead atoms. The number of nitrogens with one attached hydrogen (secondary N) is 5. The van der Waals surface area contributed by atoms with Crippen molar-refractivity contribution < 1.29 is 89.0 Å². The van der Waals surface area contributed by atoms with Gasteiger partial charge in [-0.25, -0.2) is 65.1 Å². The van der Waals surface area contributed by atoms with E-state index in [-0.39, 0.29) is 162 Å². The molecule has 14 aliphatic rings. The van der Waals surface area contributed by atoms with E-state index in [9.17, 15) is 79.5 Å². The van der Waals surface area contributed by atoms with Crippen LogP contribution in [0, 0.1) is 79.8 Å². The van der Waals surface area contributed by atoms with Crippen LogP contribution < -0.4 is 16.0 Å². The largest absolute Gasteiger partial charge is 0.380 e. The summed E-state index contributed by atoms with van der Waals surface area (Å²) in [6.45, 7) is 44.6. The number of aromatic nitrogens is 8. The van der Waals surface area contributed by atoms with Crippen LogP contribution in [-0.2, 0) is 59.8 Å². The van der Waals surface area contributed by atoms with Crippen molar-refractivity contribution in [3.8, 4) is 0 Å². The Balaban J connectivity index is 0.000000221. The van der Waals surface area contributed by atoms with Crippen LogP contribution in [-0.4, -0.2) is 226 Å². The molecule has 3 aromatic rings. The quantitative estimate of drug-likeness (QED) is 0.0657. The number of sulfone groups is 2. The number of hydrogen-bond donors (Lipinski definition) is 5. The molecule has 8 aliphatic carbocycles. The molecule has 36 heteroatoms. The van der Waals surface area contributed by atoms with E-state index in [0.29, 0.717) is 66.4 Å². The first-order chi connectivity index (χ1) is 55.4. The Morgan fingerprint density at radius 2 is 0.872 bits per heavy atom. The highest BCUT2D eigenvalue weighted by molar-refractivity contribution is 7.93. The SMILES string of the molecule is C.C.C.C.CC(C)C1(C(=O)N2CCC23COC3)CC(C)(F)C1.CC(C)C1(C(=O)NC2(C)CS(=O)(=O)C2)CC(F)(F)C1.CC(C)C1(CN2CC3(COC3)C2)CC(F)(F)C1.CC(C)C1(CNC2(C)CS(=O)(=O)C2)CC(F)(F)C1.CC(C)C1(c2cn[nH]n2)CC(F)(F)C1.CC(C)C1(c2cn[nH]n2)CC1.CC(C)C1(c2nncs2)CC1.CNC(=O)C1(C(C)C)CC(F)(F)C1. The van der Waals surface area contributed by atoms with Gasteiger partial charge in [0.2, 0.25) is 47.3 Å². The maximum Gasteiger partial charge on any atom is 0.250 e. The number of carbonyl (C=O) groups is 3. The van der Waals surface area contributed by atoms with Crippen molar-refractivity contribution in [3.05, 3.63) is 34.3 Å². The minimum atomic E-state index is -3.07. The number of nitrogens with zero attached hydrogens (tertiary/aromatic N) is 8. The molecule has 3 amide bonds. The number of ether oxygens (including phenoxy) is 2. The summed E-state index contributed by atoms with van der Waals surface area (Å²) >= 11 is 1.70. The number of halogens is 11. The van der Waals surface area contributed by atoms with Gasteiger partial charge in [0.15, 0.2) is 19.7 Å². The molecule has 14 fully saturated rings. The van der Waals surface area contributed by atoms with Crippen molar-refractivity contribution in [3.63, 3.8) is 0 Å². The third kappa shape index (κ3) is 22.9. The highest BCUT2D eigenvalue weighted by atomic mass is 32.2. The summed E-state index contributed by atoms with van der Waals surface area (Å²) < 4.78 is 199. The highest BCUT2D eigenvalue weighted by Gasteiger charge is 2.68. The Kier molecular flexibility index (Phi) is 32.9. The Hall–Kier alpha value is -4.78. The standard InChI is InChI=1S/C14H22FNO2.C13H21F2NO.C12H19F2NO3S.C12H21F2NO2S.C9H13F2N3.C9H15F2NO.C8H13N3.C8H12N2S.4CH4/c1-10(2)14(6-12(3,15)7-14)11(17)16-5-4-13(16)8-18-9-13;1-10(2)12(3-13(14,15)4-12)7-16-5-11(6-16)8-17-9-11;1-8(2)11(4-12(13,14)5-11)9(16)15-10(3)6-19(17,18)7-10;1-9(2)11(4-12(13,14)5-11)6-15-10(3)7-18(16,17)8-10;1-6(2)8(4-9(10,11)5-8)7-3-12-14-13-7;1-6(2)8(7(13)12-3)4-9(10,11)5-8;1-6(2)8(3-4-8)7-5-9-11-10-7;1-6(2)8(3-4-8)7-10-9-5-11-7;;;;/h10H,4-9H2,1-3H3;10H,3-9H2,1-2H3;8H,4-7H2,1-3H3,(H,15,16);9,15H,4-8H2,1-3H3;3,6H,4-5H2,1-2H3,(H,12,13,14);6H,4-5H2,1-3H3,(H,12,13);5-6H,3-4H2,1-2H3,(H,9,10,11);5-6H,3-4H2,1-2H3;4*1H4. The predicted octanol–water partition coefficient (Wildman–Crippen LogP) is 17.9. The number of H-pyrrole nitrogens is 2. The van der Waals surface area contributed by atoms with Crippen LogP contribution in [0.2, 0.25) is 0 Å². The zero-order valence-corrected chi connectivity index (χ0v) is 77.1. The van der Waals surface area contributed by atoms with Crippen LogP contribution in [0.1, 0.15) is 287 Å². The van der Waals surface area contributed by atoms with Crippen LogP contribution in [0.5, 0.6) is 0 Å². The first-order valence-corrected chi connectivity index (χ1v) is 47.9. The normalized spacial score (nSPS) is 28.0. The summed E-state index contributed by atoms with van der Waals surface area (Å²) in [7, 11) is -4.49. The molecule has 0 unspecified atom stereocenters. The van der Waals surface area contributed by atoms with Crippen molar-refractivity contribution in [1.29, 1.82) is 0 Å². The Morgan fingerprint density at radius 3 is 1.16 bits per heavy atom. The van der Waals surface area contributed by atoms with Gasteiger partial charge in [-0.05, 0) is 124 Å². The lowest BCUT2D eigenvalue weighted by Gasteiger charge is -2.62. The molecule has 125 heavy (non-hydrogen) atoms. The molecule has 6 aliphatic heterocycles. The molecule has 9 heterocycles. The lowest BCUT2D eigenvalue weighted by Crippen LogP contribution is -2.75. The minimum absolute atomic E-state index is 0. The van der Waals surface area contributed by atoms with Gasteiger partial charge in [-0.3, -0.25) is 14.4 Å². The molecule has 0 aromatic carbocycles. The first kappa shape index (κ1) is 109. The third-order valence-corrected chi connectivity index (χ3v) is 35.6. The summed E-state index contributed by atoms with van der Waals surface area (Å²) in [5, 5.41) is 38.3. The van der Waals surface area contributed by atoms with Gasteiger partial charge in [0.1, 0.15) is 16.2 Å². The fraction of sp³-hybridized carbons (Fsp3) is 0.899. The zero-order chi connectivity index (χ0) is 90.5. The van der Waals surface area contributed by atoms with E-state index < -0.39 is 106 Å². The zero-order valence-electron chi connectivity index (χ0n) is 74.7. The first-order valence-electron chi connectivity index (χ1n) is 43.3. The Morgan fingerprint density at radius 1 is 0.480 bits per heavy atom. The summed E-state index contributed by atoms with van der Waals surface area (Å²) in [6, 6.07) is 0. The molecule has 22 nitrogen and oxygen atoms in total. The number of likely N-dealkylation sites (tertiary alicyclic amines) is 2. The van der Waals surface area contributed by atoms with Gasteiger partial charge in [0.25, 0.3) is 0 Å². The molecule has 0 atom stereocenters. The summed E-state index contributed by atoms with van der Waals surface area (Å²) in [6.07, 6.45) is 8.61. The van der Waals surface area contributed by atoms with Gasteiger partial charge in [0, 0.05) is 131 Å². The van der Waals surface area contributed by atoms with E-state index in [1.54, 1.807) is 45.2 Å². The van der Waals surface area contributed by atoms with Gasteiger partial charge >= 0.3 is 0 Å². The van der Waals surface area contributed by atoms with E-state index >= 15 is 0 Å². The monoisotopic (exact) mass is 1850 g/mol. The lowest BCUT2D eigenvalue weighted by atomic mass is 9.54. The van der Waals surface area contributed by atoms with Crippen LogP contribution in [0.15, 0.2) is 17.9 Å². The predicted molar refractivity (Wildman–Crippen MR) is 468 cm³/mol. The van der Waals surface area contributed by atoms with Crippen molar-refractivity contribution >= 4 is 48.7 Å². The van der Waals surface area contributed by atoms with Crippen LogP contribution >= 0.6 is 11.3 Å². The second-order valence-corrected chi connectivity index (χ2v) is 47.8. The van der Waals surface area contributed by atoms with Gasteiger partial charge in [0.05, 0.1) is 101 Å². The Labute approximate surface area is 742 Å². The number of aromatic amines is 2. The molecule has 8 saturated carbocycles. The topological polar surface area (TPSA) is 289 Å². The number of hydrogen-bond acceptors (Lipinski definition) is 18. The van der Waals surface area contributed by atoms with Crippen molar-refractivity contribution in [2.75, 3.05) is 89.2 Å². The summed E-state index contributed by atoms with van der Waals surface area (Å²) in [5.41, 5.74) is -0.958. The maximum atomic E-state index is 13.9. The highest BCUT2D eigenvalue weighted by Crippen LogP contribution is 2.63. The fourth-order valence-corrected chi connectivity index (χ4v) is 26.2. The van der Waals surface area contributed by atoms with E-state index in [1.807, 2.05) is 78.9 Å². The van der Waals surface area contributed by atoms with E-state index in [2.05, 4.69) is 103 Å². The summed E-state index contributed by atoms with van der Waals surface area (Å²) in [4.78, 5) is 40.7. The third-order valence-electron chi connectivity index (χ3n) is 30.4. The molecule has 5 N–H and O–H groups in total. The van der Waals surface area contributed by atoms with E-state index in [0.717, 1.165) is 57.4 Å². The van der Waals surface area contributed by atoms with Crippen LogP contribution in [0.25, 0.3) is 0 Å². The van der Waals surface area contributed by atoms with E-state index in [1.165, 1.54) is 37.7 Å². The molecule has 17 rings (SSSR count). The number of amides is 3. The van der Waals surface area contributed by atoms with Crippen LogP contribution in [0.3, 0.4) is 0 Å². The number of rotatable bonds is 20. The van der Waals surface area contributed by atoms with Crippen molar-refractivity contribution in [2.24, 2.45) is 79.8 Å². The maximum absolute atomic E-state index is 13.9. The molecule has 722 valence electrons. The van der Waals surface area contributed by atoms with Gasteiger partial charge in [-0.2, -0.15) is 30.8 Å². The van der Waals surface area contributed by atoms with Crippen molar-refractivity contribution in [1.82, 2.24) is 66.8 Å². The molecular weight excluding hydrogens is 1700 g/mol. The Bertz CT molecular complexity index is 4160. The second kappa shape index (κ2) is 37.7. The molecular formula is C89H152F11N13O9S3. The number of carbonyl (C=O) groups excluding carboxylic acids is 3. The van der Waals surface area contributed by atoms with E-state index in [4.69, 9.17) is 9.47 Å². The second-order valence-electron chi connectivity index (χ2n) is 42.8. The molecule has 2 spiro atoms. The molecule has 3 aromatic heterocycles. The van der Waals surface area contributed by atoms with Gasteiger partial charge in [-0.1, -0.05) is 140 Å². The fourth-order valence-electron chi connectivity index (χ4n) is 21.2. The minimum Gasteiger partial charge on any atom is -0.380 e. The van der Waals surface area contributed by atoms with Crippen LogP contribution in [0.4, 0.5) is 48.3 Å².